The lowest BCUT2D eigenvalue weighted by molar-refractivity contribution is -0.116. The van der Waals surface area contributed by atoms with E-state index in [1.54, 1.807) is 24.3 Å². The van der Waals surface area contributed by atoms with Crippen molar-refractivity contribution in [1.82, 2.24) is 0 Å². The summed E-state index contributed by atoms with van der Waals surface area (Å²) in [6, 6.07) is 12.7. The molecule has 1 aliphatic rings. The van der Waals surface area contributed by atoms with Gasteiger partial charge in [-0.2, -0.15) is 0 Å². The normalized spacial score (nSPS) is 18.6. The molecule has 0 spiro atoms. The van der Waals surface area contributed by atoms with E-state index in [9.17, 15) is 9.90 Å². The maximum Gasteiger partial charge on any atom is 0.231 e. The Labute approximate surface area is 122 Å². The molecule has 0 aromatic heterocycles. The molecule has 1 amide bonds. The minimum Gasteiger partial charge on any atom is -0.384 e. The largest absolute Gasteiger partial charge is 0.384 e. The maximum atomic E-state index is 11.6. The summed E-state index contributed by atoms with van der Waals surface area (Å²) in [6.45, 7) is 1.86. The van der Waals surface area contributed by atoms with Gasteiger partial charge in [-0.25, -0.2) is 0 Å². The van der Waals surface area contributed by atoms with Gasteiger partial charge < -0.3 is 10.4 Å². The first kappa shape index (κ1) is 13.2. The number of fused-ring (bicyclic) bond motifs is 1. The predicted molar refractivity (Wildman–Crippen MR) is 79.0 cm³/mol. The zero-order valence-corrected chi connectivity index (χ0v) is 11.7. The summed E-state index contributed by atoms with van der Waals surface area (Å²) in [6.07, 6.45) is -0.722. The summed E-state index contributed by atoms with van der Waals surface area (Å²) in [5, 5.41) is 13.9. The third-order valence-electron chi connectivity index (χ3n) is 3.69. The van der Waals surface area contributed by atoms with Crippen LogP contribution in [0.1, 0.15) is 35.6 Å². The van der Waals surface area contributed by atoms with Gasteiger partial charge in [-0.15, -0.1) is 0 Å². The second-order valence-electron chi connectivity index (χ2n) is 5.01. The van der Waals surface area contributed by atoms with Crippen molar-refractivity contribution in [2.75, 3.05) is 5.32 Å². The Bertz CT molecular complexity index is 667. The molecular formula is C16H14ClNO2. The van der Waals surface area contributed by atoms with Gasteiger partial charge in [-0.05, 0) is 47.9 Å². The van der Waals surface area contributed by atoms with E-state index in [-0.39, 0.29) is 11.8 Å². The van der Waals surface area contributed by atoms with E-state index in [1.165, 1.54) is 0 Å². The van der Waals surface area contributed by atoms with Crippen molar-refractivity contribution in [3.8, 4) is 0 Å². The highest BCUT2D eigenvalue weighted by molar-refractivity contribution is 6.30. The number of amides is 1. The predicted octanol–water partition coefficient (Wildman–Crippen LogP) is 3.48. The molecule has 2 unspecified atom stereocenters. The molecule has 3 nitrogen and oxygen atoms in total. The van der Waals surface area contributed by atoms with Crippen molar-refractivity contribution in [3.63, 3.8) is 0 Å². The number of halogens is 1. The Morgan fingerprint density at radius 1 is 1.15 bits per heavy atom. The van der Waals surface area contributed by atoms with Gasteiger partial charge in [0.1, 0.15) is 6.10 Å². The molecule has 2 atom stereocenters. The SMILES string of the molecule is CC1C(=O)Nc2ccc(C(O)c3ccc(Cl)cc3)cc21. The minimum absolute atomic E-state index is 0.00173. The van der Waals surface area contributed by atoms with Gasteiger partial charge in [-0.1, -0.05) is 29.8 Å². The lowest BCUT2D eigenvalue weighted by Gasteiger charge is -2.13. The molecule has 0 saturated carbocycles. The molecule has 2 aromatic carbocycles. The standard InChI is InChI=1S/C16H14ClNO2/c1-9-13-8-11(4-7-14(13)18-16(9)20)15(19)10-2-5-12(17)6-3-10/h2-9,15,19H,1H3,(H,18,20). The second-order valence-corrected chi connectivity index (χ2v) is 5.45. The van der Waals surface area contributed by atoms with Crippen LogP contribution in [0.4, 0.5) is 5.69 Å². The molecule has 0 fully saturated rings. The summed E-state index contributed by atoms with van der Waals surface area (Å²) < 4.78 is 0. The lowest BCUT2D eigenvalue weighted by atomic mass is 9.95. The van der Waals surface area contributed by atoms with Crippen LogP contribution in [-0.4, -0.2) is 11.0 Å². The summed E-state index contributed by atoms with van der Waals surface area (Å²) in [5.74, 6) is -0.180. The zero-order valence-electron chi connectivity index (χ0n) is 10.9. The topological polar surface area (TPSA) is 49.3 Å². The summed E-state index contributed by atoms with van der Waals surface area (Å²) in [4.78, 5) is 11.6. The van der Waals surface area contributed by atoms with Crippen LogP contribution in [0.3, 0.4) is 0 Å². The average Bonchev–Trinajstić information content (AvgIpc) is 2.74. The number of hydrogen-bond acceptors (Lipinski definition) is 2. The smallest absolute Gasteiger partial charge is 0.231 e. The summed E-state index contributed by atoms with van der Waals surface area (Å²) in [7, 11) is 0. The lowest BCUT2D eigenvalue weighted by Crippen LogP contribution is -2.08. The second kappa shape index (κ2) is 4.93. The van der Waals surface area contributed by atoms with Crippen molar-refractivity contribution in [2.45, 2.75) is 18.9 Å². The van der Waals surface area contributed by atoms with E-state index in [0.717, 1.165) is 22.4 Å². The molecule has 1 aliphatic heterocycles. The van der Waals surface area contributed by atoms with Crippen LogP contribution >= 0.6 is 11.6 Å². The Kier molecular flexibility index (Phi) is 3.24. The number of benzene rings is 2. The molecule has 20 heavy (non-hydrogen) atoms. The number of carbonyl (C=O) groups excluding carboxylic acids is 1. The molecule has 2 aromatic rings. The molecule has 0 bridgehead atoms. The number of nitrogens with one attached hydrogen (secondary N) is 1. The third kappa shape index (κ3) is 2.19. The Balaban J connectivity index is 1.95. The highest BCUT2D eigenvalue weighted by Crippen LogP contribution is 2.35. The molecule has 3 rings (SSSR count). The first-order chi connectivity index (χ1) is 9.56. The molecule has 4 heteroatoms. The third-order valence-corrected chi connectivity index (χ3v) is 3.95. The highest BCUT2D eigenvalue weighted by atomic mass is 35.5. The quantitative estimate of drug-likeness (QED) is 0.888. The minimum atomic E-state index is -0.722. The van der Waals surface area contributed by atoms with E-state index in [1.807, 2.05) is 25.1 Å². The van der Waals surface area contributed by atoms with Gasteiger partial charge in [0.25, 0.3) is 0 Å². The van der Waals surface area contributed by atoms with Crippen LogP contribution in [-0.2, 0) is 4.79 Å². The Hall–Kier alpha value is -1.84. The molecule has 2 N–H and O–H groups in total. The Morgan fingerprint density at radius 2 is 1.80 bits per heavy atom. The fourth-order valence-corrected chi connectivity index (χ4v) is 2.57. The van der Waals surface area contributed by atoms with Gasteiger partial charge >= 0.3 is 0 Å². The number of hydrogen-bond donors (Lipinski definition) is 2. The van der Waals surface area contributed by atoms with Crippen molar-refractivity contribution in [1.29, 1.82) is 0 Å². The van der Waals surface area contributed by atoms with Crippen LogP contribution < -0.4 is 5.32 Å². The van der Waals surface area contributed by atoms with Crippen LogP contribution in [0, 0.1) is 0 Å². The fraction of sp³-hybridized carbons (Fsp3) is 0.188. The molecule has 0 saturated heterocycles. The van der Waals surface area contributed by atoms with Gasteiger partial charge in [0.05, 0.1) is 5.92 Å². The highest BCUT2D eigenvalue weighted by Gasteiger charge is 2.27. The fourth-order valence-electron chi connectivity index (χ4n) is 2.44. The van der Waals surface area contributed by atoms with Crippen LogP contribution in [0.2, 0.25) is 5.02 Å². The molecule has 0 aliphatic carbocycles. The Morgan fingerprint density at radius 3 is 2.50 bits per heavy atom. The number of anilines is 1. The van der Waals surface area contributed by atoms with Gasteiger partial charge in [0.2, 0.25) is 5.91 Å². The van der Waals surface area contributed by atoms with Crippen LogP contribution in [0.15, 0.2) is 42.5 Å². The zero-order chi connectivity index (χ0) is 14.3. The monoisotopic (exact) mass is 287 g/mol. The van der Waals surface area contributed by atoms with Crippen molar-refractivity contribution in [2.24, 2.45) is 0 Å². The van der Waals surface area contributed by atoms with Crippen molar-refractivity contribution >= 4 is 23.2 Å². The summed E-state index contributed by atoms with van der Waals surface area (Å²) in [5.41, 5.74) is 3.31. The van der Waals surface area contributed by atoms with Crippen molar-refractivity contribution < 1.29 is 9.90 Å². The number of carbonyl (C=O) groups is 1. The van der Waals surface area contributed by atoms with Crippen molar-refractivity contribution in [3.05, 3.63) is 64.2 Å². The molecular weight excluding hydrogens is 274 g/mol. The van der Waals surface area contributed by atoms with E-state index in [0.29, 0.717) is 5.02 Å². The van der Waals surface area contributed by atoms with Gasteiger partial charge in [0.15, 0.2) is 0 Å². The molecule has 1 heterocycles. The number of rotatable bonds is 2. The average molecular weight is 288 g/mol. The van der Waals surface area contributed by atoms with Crippen LogP contribution in [0.25, 0.3) is 0 Å². The van der Waals surface area contributed by atoms with E-state index in [2.05, 4.69) is 5.32 Å². The number of aliphatic hydroxyl groups excluding tert-OH is 1. The van der Waals surface area contributed by atoms with E-state index >= 15 is 0 Å². The molecule has 0 radical (unpaired) electrons. The van der Waals surface area contributed by atoms with Gasteiger partial charge in [0, 0.05) is 10.7 Å². The van der Waals surface area contributed by atoms with Gasteiger partial charge in [-0.3, -0.25) is 4.79 Å². The van der Waals surface area contributed by atoms with E-state index in [4.69, 9.17) is 11.6 Å². The number of aliphatic hydroxyl groups is 1. The maximum absolute atomic E-state index is 11.6. The van der Waals surface area contributed by atoms with Crippen LogP contribution in [0.5, 0.6) is 0 Å². The van der Waals surface area contributed by atoms with E-state index < -0.39 is 6.10 Å². The first-order valence-electron chi connectivity index (χ1n) is 6.44. The summed E-state index contributed by atoms with van der Waals surface area (Å²) >= 11 is 5.85. The molecule has 102 valence electrons. The first-order valence-corrected chi connectivity index (χ1v) is 6.82.